The van der Waals surface area contributed by atoms with Crippen LogP contribution in [0.15, 0.2) is 53.1 Å². The third-order valence-electron chi connectivity index (χ3n) is 3.63. The first-order valence-corrected chi connectivity index (χ1v) is 7.31. The maximum Gasteiger partial charge on any atom is 0.287 e. The van der Waals surface area contributed by atoms with Crippen molar-refractivity contribution in [2.45, 2.75) is 0 Å². The first-order valence-electron chi connectivity index (χ1n) is 7.31. The molecular formula is C17H17N3O3. The van der Waals surface area contributed by atoms with Crippen LogP contribution >= 0.6 is 0 Å². The minimum Gasteiger partial charge on any atom is -0.459 e. The van der Waals surface area contributed by atoms with E-state index in [-0.39, 0.29) is 17.6 Å². The first-order chi connectivity index (χ1) is 11.2. The normalized spacial score (nSPS) is 10.7. The molecule has 0 atom stereocenters. The number of aromatic nitrogens is 1. The largest absolute Gasteiger partial charge is 0.459 e. The molecule has 23 heavy (non-hydrogen) atoms. The van der Waals surface area contributed by atoms with Gasteiger partial charge in [0.25, 0.3) is 11.8 Å². The molecule has 0 unspecified atom stereocenters. The van der Waals surface area contributed by atoms with Crippen molar-refractivity contribution in [3.05, 3.63) is 60.2 Å². The van der Waals surface area contributed by atoms with Gasteiger partial charge in [-0.1, -0.05) is 18.2 Å². The van der Waals surface area contributed by atoms with Gasteiger partial charge in [0, 0.05) is 31.0 Å². The Morgan fingerprint density at radius 3 is 2.48 bits per heavy atom. The molecule has 6 heteroatoms. The summed E-state index contributed by atoms with van der Waals surface area (Å²) >= 11 is 0. The fraction of sp³-hybridized carbons (Fsp3) is 0.176. The Labute approximate surface area is 133 Å². The summed E-state index contributed by atoms with van der Waals surface area (Å²) in [4.78, 5) is 23.9. The van der Waals surface area contributed by atoms with Crippen LogP contribution in [0.4, 0.5) is 0 Å². The van der Waals surface area contributed by atoms with Crippen LogP contribution in [0.5, 0.6) is 0 Å². The van der Waals surface area contributed by atoms with Crippen LogP contribution in [0.25, 0.3) is 10.9 Å². The molecule has 118 valence electrons. The van der Waals surface area contributed by atoms with Crippen molar-refractivity contribution in [1.29, 1.82) is 0 Å². The molecular weight excluding hydrogens is 294 g/mol. The number of nitrogens with zero attached hydrogens (tertiary/aromatic N) is 1. The number of amides is 2. The van der Waals surface area contributed by atoms with Crippen LogP contribution in [0, 0.1) is 0 Å². The number of furan rings is 1. The molecule has 6 nitrogen and oxygen atoms in total. The molecule has 3 aromatic rings. The van der Waals surface area contributed by atoms with E-state index in [1.807, 2.05) is 41.9 Å². The molecule has 0 saturated carbocycles. The number of aryl methyl sites for hydroxylation is 1. The minimum atomic E-state index is -0.297. The van der Waals surface area contributed by atoms with E-state index in [0.29, 0.717) is 18.8 Å². The number of hydrogen-bond acceptors (Lipinski definition) is 3. The fourth-order valence-corrected chi connectivity index (χ4v) is 2.44. The number of carbonyl (C=O) groups is 2. The SMILES string of the molecule is Cn1c(C(=O)NCCNC(=O)c2ccco2)cc2ccccc21. The second-order valence-corrected chi connectivity index (χ2v) is 5.14. The molecule has 0 aliphatic carbocycles. The van der Waals surface area contributed by atoms with Gasteiger partial charge < -0.3 is 19.6 Å². The standard InChI is InChI=1S/C17H17N3O3/c1-20-13-6-3-2-5-12(13)11-14(20)16(21)18-8-9-19-17(22)15-7-4-10-23-15/h2-7,10-11H,8-9H2,1H3,(H,18,21)(H,19,22). The van der Waals surface area contributed by atoms with Crippen LogP contribution in [0.1, 0.15) is 21.0 Å². The second kappa shape index (κ2) is 6.39. The molecule has 2 heterocycles. The number of rotatable bonds is 5. The highest BCUT2D eigenvalue weighted by Crippen LogP contribution is 2.17. The van der Waals surface area contributed by atoms with Crippen molar-refractivity contribution in [3.8, 4) is 0 Å². The van der Waals surface area contributed by atoms with E-state index in [0.717, 1.165) is 10.9 Å². The van der Waals surface area contributed by atoms with Gasteiger partial charge in [-0.25, -0.2) is 0 Å². The molecule has 0 spiro atoms. The Bertz CT molecular complexity index is 834. The minimum absolute atomic E-state index is 0.170. The lowest BCUT2D eigenvalue weighted by Gasteiger charge is -2.07. The number of nitrogens with one attached hydrogen (secondary N) is 2. The molecule has 0 aliphatic rings. The quantitative estimate of drug-likeness (QED) is 0.707. The molecule has 3 rings (SSSR count). The van der Waals surface area contributed by atoms with Crippen LogP contribution in [0.3, 0.4) is 0 Å². The lowest BCUT2D eigenvalue weighted by Crippen LogP contribution is -2.35. The maximum absolute atomic E-state index is 12.2. The smallest absolute Gasteiger partial charge is 0.287 e. The highest BCUT2D eigenvalue weighted by atomic mass is 16.3. The number of fused-ring (bicyclic) bond motifs is 1. The molecule has 0 bridgehead atoms. The Morgan fingerprint density at radius 1 is 1.04 bits per heavy atom. The zero-order chi connectivity index (χ0) is 16.2. The highest BCUT2D eigenvalue weighted by Gasteiger charge is 2.13. The summed E-state index contributed by atoms with van der Waals surface area (Å²) < 4.78 is 6.84. The van der Waals surface area contributed by atoms with Gasteiger partial charge in [-0.05, 0) is 24.3 Å². The van der Waals surface area contributed by atoms with Gasteiger partial charge in [-0.15, -0.1) is 0 Å². The summed E-state index contributed by atoms with van der Waals surface area (Å²) in [7, 11) is 1.86. The average molecular weight is 311 g/mol. The number of benzene rings is 1. The maximum atomic E-state index is 12.2. The van der Waals surface area contributed by atoms with Crippen molar-refractivity contribution in [3.63, 3.8) is 0 Å². The van der Waals surface area contributed by atoms with Gasteiger partial charge in [-0.2, -0.15) is 0 Å². The summed E-state index contributed by atoms with van der Waals surface area (Å²) in [5.74, 6) is -0.213. The molecule has 2 N–H and O–H groups in total. The lowest BCUT2D eigenvalue weighted by atomic mass is 10.2. The molecule has 0 fully saturated rings. The van der Waals surface area contributed by atoms with Gasteiger partial charge in [-0.3, -0.25) is 9.59 Å². The zero-order valence-electron chi connectivity index (χ0n) is 12.7. The summed E-state index contributed by atoms with van der Waals surface area (Å²) in [6.07, 6.45) is 1.44. The first kappa shape index (κ1) is 14.9. The van der Waals surface area contributed by atoms with Crippen LogP contribution < -0.4 is 10.6 Å². The highest BCUT2D eigenvalue weighted by molar-refractivity contribution is 5.98. The predicted octanol–water partition coefficient (Wildman–Crippen LogP) is 1.93. The molecule has 1 aromatic carbocycles. The molecule has 0 aliphatic heterocycles. The Hall–Kier alpha value is -3.02. The Balaban J connectivity index is 1.55. The van der Waals surface area contributed by atoms with Gasteiger partial charge in [0.2, 0.25) is 0 Å². The third-order valence-corrected chi connectivity index (χ3v) is 3.63. The van der Waals surface area contributed by atoms with E-state index in [2.05, 4.69) is 10.6 Å². The van der Waals surface area contributed by atoms with Crippen molar-refractivity contribution in [2.75, 3.05) is 13.1 Å². The van der Waals surface area contributed by atoms with E-state index in [4.69, 9.17) is 4.42 Å². The number of hydrogen-bond donors (Lipinski definition) is 2. The van der Waals surface area contributed by atoms with Gasteiger partial charge in [0.1, 0.15) is 5.69 Å². The van der Waals surface area contributed by atoms with Gasteiger partial charge in [0.05, 0.1) is 6.26 Å². The second-order valence-electron chi connectivity index (χ2n) is 5.14. The van der Waals surface area contributed by atoms with E-state index >= 15 is 0 Å². The van der Waals surface area contributed by atoms with Gasteiger partial charge in [0.15, 0.2) is 5.76 Å². The Morgan fingerprint density at radius 2 is 1.78 bits per heavy atom. The summed E-state index contributed by atoms with van der Waals surface area (Å²) in [5.41, 5.74) is 1.59. The average Bonchev–Trinajstić information content (AvgIpc) is 3.20. The summed E-state index contributed by atoms with van der Waals surface area (Å²) in [6.45, 7) is 0.669. The molecule has 0 saturated heterocycles. The van der Waals surface area contributed by atoms with Crippen molar-refractivity contribution >= 4 is 22.7 Å². The topological polar surface area (TPSA) is 76.3 Å². The predicted molar refractivity (Wildman–Crippen MR) is 86.3 cm³/mol. The van der Waals surface area contributed by atoms with Gasteiger partial charge >= 0.3 is 0 Å². The zero-order valence-corrected chi connectivity index (χ0v) is 12.7. The van der Waals surface area contributed by atoms with E-state index < -0.39 is 0 Å². The van der Waals surface area contributed by atoms with E-state index in [9.17, 15) is 9.59 Å². The number of para-hydroxylation sites is 1. The summed E-state index contributed by atoms with van der Waals surface area (Å²) in [5, 5.41) is 6.49. The lowest BCUT2D eigenvalue weighted by molar-refractivity contribution is 0.0908. The van der Waals surface area contributed by atoms with Crippen molar-refractivity contribution in [2.24, 2.45) is 7.05 Å². The van der Waals surface area contributed by atoms with Crippen molar-refractivity contribution in [1.82, 2.24) is 15.2 Å². The van der Waals surface area contributed by atoms with E-state index in [1.165, 1.54) is 6.26 Å². The third kappa shape index (κ3) is 3.11. The monoisotopic (exact) mass is 311 g/mol. The number of carbonyl (C=O) groups excluding carboxylic acids is 2. The molecule has 2 aromatic heterocycles. The van der Waals surface area contributed by atoms with Crippen molar-refractivity contribution < 1.29 is 14.0 Å². The van der Waals surface area contributed by atoms with Crippen LogP contribution in [-0.2, 0) is 7.05 Å². The van der Waals surface area contributed by atoms with Crippen LogP contribution in [-0.4, -0.2) is 29.5 Å². The fourth-order valence-electron chi connectivity index (χ4n) is 2.44. The molecule has 0 radical (unpaired) electrons. The summed E-state index contributed by atoms with van der Waals surface area (Å²) in [6, 6.07) is 12.9. The Kier molecular flexibility index (Phi) is 4.14. The van der Waals surface area contributed by atoms with Crippen LogP contribution in [0.2, 0.25) is 0 Å². The van der Waals surface area contributed by atoms with E-state index in [1.54, 1.807) is 12.1 Å². The molecule has 2 amide bonds.